The lowest BCUT2D eigenvalue weighted by molar-refractivity contribution is 0.0260. The first-order valence-electron chi connectivity index (χ1n) is 12.4. The molecule has 0 spiro atoms. The molecule has 2 aromatic rings. The summed E-state index contributed by atoms with van der Waals surface area (Å²) in [5.74, 6) is 0.997. The fraction of sp³-hybridized carbons (Fsp3) is 0.552. The Morgan fingerprint density at radius 3 is 2.59 bits per heavy atom. The van der Waals surface area contributed by atoms with Gasteiger partial charge in [0.2, 0.25) is 0 Å². The zero-order chi connectivity index (χ0) is 22.9. The number of ketones is 1. The van der Waals surface area contributed by atoms with Gasteiger partial charge in [0.25, 0.3) is 0 Å². The lowest BCUT2D eigenvalue weighted by Crippen LogP contribution is -2.52. The first-order chi connectivity index (χ1) is 15.2. The average Bonchev–Trinajstić information content (AvgIpc) is 2.76. The Morgan fingerprint density at radius 2 is 1.88 bits per heavy atom. The molecule has 2 nitrogen and oxygen atoms in total. The molecule has 3 heteroatoms. The van der Waals surface area contributed by atoms with Gasteiger partial charge in [-0.05, 0) is 89.3 Å². The summed E-state index contributed by atoms with van der Waals surface area (Å²) < 4.78 is 13.1. The molecule has 0 radical (unpaired) electrons. The van der Waals surface area contributed by atoms with Crippen LogP contribution in [-0.2, 0) is 11.8 Å². The van der Waals surface area contributed by atoms with Gasteiger partial charge in [0.15, 0.2) is 5.78 Å². The third kappa shape index (κ3) is 4.41. The monoisotopic (exact) mass is 435 g/mol. The van der Waals surface area contributed by atoms with Gasteiger partial charge in [-0.1, -0.05) is 52.3 Å². The topological polar surface area (TPSA) is 29.1 Å². The number of hydrogen-bond acceptors (Lipinski definition) is 2. The van der Waals surface area contributed by atoms with E-state index in [1.165, 1.54) is 49.8 Å². The highest BCUT2D eigenvalue weighted by molar-refractivity contribution is 5.96. The predicted molar refractivity (Wildman–Crippen MR) is 130 cm³/mol. The second kappa shape index (κ2) is 9.09. The fourth-order valence-electron chi connectivity index (χ4n) is 6.57. The van der Waals surface area contributed by atoms with E-state index in [1.807, 2.05) is 0 Å². The molecule has 0 aliphatic heterocycles. The number of aryl methyl sites for hydroxylation is 1. The number of carbonyl (C=O) groups excluding carboxylic acids is 1. The van der Waals surface area contributed by atoms with Gasteiger partial charge in [-0.3, -0.25) is 4.79 Å². The molecule has 0 aromatic heterocycles. The van der Waals surface area contributed by atoms with Crippen molar-refractivity contribution < 1.29 is 9.18 Å². The first-order valence-corrected chi connectivity index (χ1v) is 12.4. The van der Waals surface area contributed by atoms with Gasteiger partial charge >= 0.3 is 0 Å². The molecule has 2 aromatic carbocycles. The molecule has 1 N–H and O–H groups in total. The van der Waals surface area contributed by atoms with Crippen molar-refractivity contribution in [3.8, 4) is 0 Å². The second-order valence-corrected chi connectivity index (χ2v) is 10.9. The first kappa shape index (κ1) is 23.2. The molecule has 2 aliphatic carbocycles. The number of benzene rings is 2. The highest BCUT2D eigenvalue weighted by Crippen LogP contribution is 2.57. The van der Waals surface area contributed by atoms with Crippen molar-refractivity contribution in [3.63, 3.8) is 0 Å². The molecule has 3 atom stereocenters. The van der Waals surface area contributed by atoms with Gasteiger partial charge in [0, 0.05) is 25.1 Å². The number of nitrogens with one attached hydrogen (secondary N) is 1. The normalized spacial score (nSPS) is 27.1. The highest BCUT2D eigenvalue weighted by Gasteiger charge is 2.51. The fourth-order valence-corrected chi connectivity index (χ4v) is 6.57. The summed E-state index contributed by atoms with van der Waals surface area (Å²) >= 11 is 0. The van der Waals surface area contributed by atoms with E-state index in [1.54, 1.807) is 23.3 Å². The van der Waals surface area contributed by atoms with E-state index >= 15 is 0 Å². The standard InChI is InChI=1S/C29H38FNO/c1-20(2)22-8-12-25-23(18-22)9-13-27-28(3,15-5-16-29(25,27)4)19-31-17-14-26(32)21-6-10-24(30)11-7-21/h6-8,10-12,18,20,27,31H,5,9,13-17,19H2,1-4H3/t27-,28-,29+/m0/s1. The van der Waals surface area contributed by atoms with E-state index in [2.05, 4.69) is 51.2 Å². The Bertz CT molecular complexity index is 966. The van der Waals surface area contributed by atoms with Crippen LogP contribution in [0.2, 0.25) is 0 Å². The molecule has 0 unspecified atom stereocenters. The molecule has 1 saturated carbocycles. The maximum Gasteiger partial charge on any atom is 0.164 e. The van der Waals surface area contributed by atoms with Crippen LogP contribution in [0.5, 0.6) is 0 Å². The molecular formula is C29H38FNO. The van der Waals surface area contributed by atoms with Crippen LogP contribution in [0, 0.1) is 17.2 Å². The summed E-state index contributed by atoms with van der Waals surface area (Å²) in [5.41, 5.74) is 5.67. The van der Waals surface area contributed by atoms with E-state index in [9.17, 15) is 9.18 Å². The largest absolute Gasteiger partial charge is 0.316 e. The van der Waals surface area contributed by atoms with E-state index in [4.69, 9.17) is 0 Å². The van der Waals surface area contributed by atoms with E-state index in [0.717, 1.165) is 6.54 Å². The van der Waals surface area contributed by atoms with Crippen LogP contribution in [-0.4, -0.2) is 18.9 Å². The Balaban J connectivity index is 1.41. The van der Waals surface area contributed by atoms with Crippen LogP contribution in [0.15, 0.2) is 42.5 Å². The third-order valence-electron chi connectivity index (χ3n) is 8.39. The molecule has 4 rings (SSSR count). The zero-order valence-corrected chi connectivity index (χ0v) is 20.1. The lowest BCUT2D eigenvalue weighted by Gasteiger charge is -2.55. The van der Waals surface area contributed by atoms with Crippen LogP contribution in [0.1, 0.15) is 92.8 Å². The smallest absolute Gasteiger partial charge is 0.164 e. The summed E-state index contributed by atoms with van der Waals surface area (Å²) in [6.45, 7) is 11.1. The SMILES string of the molecule is CC(C)c1ccc2c(c1)CC[C@H]1[C@](C)(CNCCC(=O)c3ccc(F)cc3)CCC[C@]21C. The summed E-state index contributed by atoms with van der Waals surface area (Å²) in [4.78, 5) is 12.4. The molecule has 1 fully saturated rings. The Morgan fingerprint density at radius 1 is 1.12 bits per heavy atom. The Labute approximate surface area is 193 Å². The number of carbonyl (C=O) groups is 1. The Hall–Kier alpha value is -2.00. The van der Waals surface area contributed by atoms with Crippen molar-refractivity contribution in [1.82, 2.24) is 5.32 Å². The van der Waals surface area contributed by atoms with Crippen molar-refractivity contribution in [2.75, 3.05) is 13.1 Å². The van der Waals surface area contributed by atoms with Crippen LogP contribution in [0.25, 0.3) is 0 Å². The summed E-state index contributed by atoms with van der Waals surface area (Å²) in [5, 5.41) is 3.61. The van der Waals surface area contributed by atoms with E-state index < -0.39 is 0 Å². The lowest BCUT2D eigenvalue weighted by atomic mass is 9.49. The van der Waals surface area contributed by atoms with Crippen LogP contribution in [0.3, 0.4) is 0 Å². The van der Waals surface area contributed by atoms with Gasteiger partial charge in [0.05, 0.1) is 0 Å². The van der Waals surface area contributed by atoms with Gasteiger partial charge < -0.3 is 5.32 Å². The molecule has 172 valence electrons. The number of hydrogen-bond donors (Lipinski definition) is 1. The van der Waals surface area contributed by atoms with Crippen molar-refractivity contribution >= 4 is 5.78 Å². The van der Waals surface area contributed by atoms with Gasteiger partial charge in [0.1, 0.15) is 5.82 Å². The van der Waals surface area contributed by atoms with Crippen molar-refractivity contribution in [1.29, 1.82) is 0 Å². The van der Waals surface area contributed by atoms with Gasteiger partial charge in [-0.25, -0.2) is 4.39 Å². The maximum absolute atomic E-state index is 13.1. The van der Waals surface area contributed by atoms with Crippen LogP contribution < -0.4 is 5.32 Å². The van der Waals surface area contributed by atoms with Crippen molar-refractivity contribution in [3.05, 3.63) is 70.5 Å². The highest BCUT2D eigenvalue weighted by atomic mass is 19.1. The minimum Gasteiger partial charge on any atom is -0.316 e. The van der Waals surface area contributed by atoms with E-state index in [-0.39, 0.29) is 22.4 Å². The van der Waals surface area contributed by atoms with Crippen LogP contribution in [0.4, 0.5) is 4.39 Å². The summed E-state index contributed by atoms with van der Waals surface area (Å²) in [6, 6.07) is 13.1. The van der Waals surface area contributed by atoms with Crippen molar-refractivity contribution in [2.45, 2.75) is 77.6 Å². The Kier molecular flexibility index (Phi) is 6.58. The van der Waals surface area contributed by atoms with Crippen molar-refractivity contribution in [2.24, 2.45) is 11.3 Å². The minimum absolute atomic E-state index is 0.0729. The molecular weight excluding hydrogens is 397 g/mol. The minimum atomic E-state index is -0.303. The molecule has 0 amide bonds. The quantitative estimate of drug-likeness (QED) is 0.382. The average molecular weight is 436 g/mol. The zero-order valence-electron chi connectivity index (χ0n) is 20.1. The third-order valence-corrected chi connectivity index (χ3v) is 8.39. The van der Waals surface area contributed by atoms with E-state index in [0.29, 0.717) is 30.4 Å². The molecule has 2 aliphatic rings. The maximum atomic E-state index is 13.1. The summed E-state index contributed by atoms with van der Waals surface area (Å²) in [6.07, 6.45) is 6.64. The molecule has 32 heavy (non-hydrogen) atoms. The summed E-state index contributed by atoms with van der Waals surface area (Å²) in [7, 11) is 0. The molecule has 0 bridgehead atoms. The second-order valence-electron chi connectivity index (χ2n) is 10.9. The number of rotatable bonds is 7. The molecule has 0 saturated heterocycles. The number of halogens is 1. The molecule has 0 heterocycles. The predicted octanol–water partition coefficient (Wildman–Crippen LogP) is 6.82. The van der Waals surface area contributed by atoms with Crippen LogP contribution >= 0.6 is 0 Å². The number of fused-ring (bicyclic) bond motifs is 3. The van der Waals surface area contributed by atoms with Gasteiger partial charge in [-0.2, -0.15) is 0 Å². The van der Waals surface area contributed by atoms with Gasteiger partial charge in [-0.15, -0.1) is 0 Å². The number of Topliss-reactive ketones (excluding diaryl/α,β-unsaturated/α-hetero) is 1.